The maximum Gasteiger partial charge on any atom is 0.251 e. The molecule has 3 aliphatic rings. The molecule has 1 saturated carbocycles. The van der Waals surface area contributed by atoms with Crippen molar-refractivity contribution in [3.8, 4) is 0 Å². The van der Waals surface area contributed by atoms with E-state index in [-0.39, 0.29) is 12.0 Å². The highest BCUT2D eigenvalue weighted by atomic mass is 16.5. The number of morpholine rings is 1. The molecule has 136 valence electrons. The van der Waals surface area contributed by atoms with Crippen LogP contribution in [0.5, 0.6) is 0 Å². The van der Waals surface area contributed by atoms with E-state index in [1.54, 1.807) is 0 Å². The molecule has 5 heteroatoms. The van der Waals surface area contributed by atoms with Crippen molar-refractivity contribution in [1.82, 2.24) is 15.1 Å². The van der Waals surface area contributed by atoms with Crippen LogP contribution in [0.25, 0.3) is 0 Å². The number of carbonyl (C=O) groups excluding carboxylic acids is 1. The molecule has 1 atom stereocenters. The summed E-state index contributed by atoms with van der Waals surface area (Å²) in [6.45, 7) is 6.65. The fraction of sp³-hybridized carbons (Fsp3) is 0.650. The first-order valence-electron chi connectivity index (χ1n) is 9.73. The summed E-state index contributed by atoms with van der Waals surface area (Å²) in [5, 5.41) is 3.07. The number of hydrogen-bond acceptors (Lipinski definition) is 4. The number of amides is 1. The Labute approximate surface area is 150 Å². The topological polar surface area (TPSA) is 44.8 Å². The third-order valence-corrected chi connectivity index (χ3v) is 5.52. The summed E-state index contributed by atoms with van der Waals surface area (Å²) in [4.78, 5) is 17.5. The largest absolute Gasteiger partial charge is 0.374 e. The standard InChI is InChI=1S/C20H29N3O2/c24-20(21-13-19-15-23(10-11-25-19)18-6-7-18)17-5-3-4-16(12-17)14-22-8-1-2-9-22/h3-5,12,18-19H,1-2,6-11,13-15H2,(H,21,24)/t19-/m0/s1. The Morgan fingerprint density at radius 2 is 2.04 bits per heavy atom. The highest BCUT2D eigenvalue weighted by Gasteiger charge is 2.33. The fourth-order valence-corrected chi connectivity index (χ4v) is 3.96. The van der Waals surface area contributed by atoms with E-state index in [0.717, 1.165) is 37.8 Å². The van der Waals surface area contributed by atoms with E-state index in [4.69, 9.17) is 4.74 Å². The predicted octanol–water partition coefficient (Wildman–Crippen LogP) is 1.88. The van der Waals surface area contributed by atoms with Gasteiger partial charge in [0.2, 0.25) is 0 Å². The minimum absolute atomic E-state index is 0.00965. The van der Waals surface area contributed by atoms with Crippen LogP contribution in [0.4, 0.5) is 0 Å². The number of carbonyl (C=O) groups is 1. The van der Waals surface area contributed by atoms with E-state index < -0.39 is 0 Å². The molecule has 0 radical (unpaired) electrons. The zero-order chi connectivity index (χ0) is 17.1. The van der Waals surface area contributed by atoms with Gasteiger partial charge < -0.3 is 10.1 Å². The molecule has 0 bridgehead atoms. The lowest BCUT2D eigenvalue weighted by Crippen LogP contribution is -2.48. The molecule has 1 aromatic carbocycles. The molecule has 0 unspecified atom stereocenters. The Morgan fingerprint density at radius 1 is 1.20 bits per heavy atom. The number of likely N-dealkylation sites (tertiary alicyclic amines) is 1. The normalized spacial score (nSPS) is 25.2. The van der Waals surface area contributed by atoms with Gasteiger partial charge in [0.05, 0.1) is 12.7 Å². The second-order valence-electron chi connectivity index (χ2n) is 7.61. The van der Waals surface area contributed by atoms with Crippen LogP contribution in [0.2, 0.25) is 0 Å². The second kappa shape index (κ2) is 7.85. The Bertz CT molecular complexity index is 596. The van der Waals surface area contributed by atoms with Crippen LogP contribution in [-0.4, -0.2) is 67.2 Å². The molecule has 0 spiro atoms. The van der Waals surface area contributed by atoms with Gasteiger partial charge in [-0.15, -0.1) is 0 Å². The molecular weight excluding hydrogens is 314 g/mol. The first-order chi connectivity index (χ1) is 12.3. The van der Waals surface area contributed by atoms with Gasteiger partial charge in [0.25, 0.3) is 5.91 Å². The fourth-order valence-electron chi connectivity index (χ4n) is 3.96. The maximum absolute atomic E-state index is 12.5. The number of hydrogen-bond donors (Lipinski definition) is 1. The van der Waals surface area contributed by atoms with Crippen LogP contribution < -0.4 is 5.32 Å². The van der Waals surface area contributed by atoms with Crippen LogP contribution in [0.1, 0.15) is 41.6 Å². The molecule has 2 heterocycles. The van der Waals surface area contributed by atoms with Crippen molar-refractivity contribution < 1.29 is 9.53 Å². The lowest BCUT2D eigenvalue weighted by molar-refractivity contribution is -0.0293. The summed E-state index contributed by atoms with van der Waals surface area (Å²) in [6.07, 6.45) is 5.34. The van der Waals surface area contributed by atoms with Crippen molar-refractivity contribution in [2.45, 2.75) is 44.4 Å². The van der Waals surface area contributed by atoms with Crippen LogP contribution in [0.15, 0.2) is 24.3 Å². The molecule has 1 amide bonds. The van der Waals surface area contributed by atoms with E-state index in [1.165, 1.54) is 44.3 Å². The third-order valence-electron chi connectivity index (χ3n) is 5.52. The van der Waals surface area contributed by atoms with Gasteiger partial charge in [0.15, 0.2) is 0 Å². The second-order valence-corrected chi connectivity index (χ2v) is 7.61. The summed E-state index contributed by atoms with van der Waals surface area (Å²) < 4.78 is 5.82. The van der Waals surface area contributed by atoms with E-state index in [9.17, 15) is 4.79 Å². The zero-order valence-corrected chi connectivity index (χ0v) is 15.0. The van der Waals surface area contributed by atoms with Crippen molar-refractivity contribution >= 4 is 5.91 Å². The van der Waals surface area contributed by atoms with Crippen LogP contribution >= 0.6 is 0 Å². The summed E-state index contributed by atoms with van der Waals surface area (Å²) in [5.74, 6) is 0.00965. The van der Waals surface area contributed by atoms with Gasteiger partial charge in [-0.3, -0.25) is 14.6 Å². The van der Waals surface area contributed by atoms with Crippen LogP contribution in [0, 0.1) is 0 Å². The SMILES string of the molecule is O=C(NC[C@H]1CN(C2CC2)CCO1)c1cccc(CN2CCCC2)c1. The minimum Gasteiger partial charge on any atom is -0.374 e. The highest BCUT2D eigenvalue weighted by molar-refractivity contribution is 5.94. The molecule has 5 nitrogen and oxygen atoms in total. The average Bonchev–Trinajstić information content (AvgIpc) is 3.38. The number of nitrogens with one attached hydrogen (secondary N) is 1. The minimum atomic E-state index is 0.00965. The van der Waals surface area contributed by atoms with Gasteiger partial charge in [-0.1, -0.05) is 12.1 Å². The average molecular weight is 343 g/mol. The molecule has 25 heavy (non-hydrogen) atoms. The smallest absolute Gasteiger partial charge is 0.251 e. The van der Waals surface area contributed by atoms with E-state index in [2.05, 4.69) is 21.2 Å². The summed E-state index contributed by atoms with van der Waals surface area (Å²) in [7, 11) is 0. The zero-order valence-electron chi connectivity index (χ0n) is 15.0. The van der Waals surface area contributed by atoms with E-state index >= 15 is 0 Å². The third kappa shape index (κ3) is 4.60. The van der Waals surface area contributed by atoms with Gasteiger partial charge in [-0.05, 0) is 56.5 Å². The molecule has 3 fully saturated rings. The van der Waals surface area contributed by atoms with Crippen molar-refractivity contribution in [2.24, 2.45) is 0 Å². The number of ether oxygens (including phenoxy) is 1. The molecule has 4 rings (SSSR count). The Morgan fingerprint density at radius 3 is 2.84 bits per heavy atom. The summed E-state index contributed by atoms with van der Waals surface area (Å²) in [6, 6.07) is 8.82. The maximum atomic E-state index is 12.5. The lowest BCUT2D eigenvalue weighted by Gasteiger charge is -2.33. The summed E-state index contributed by atoms with van der Waals surface area (Å²) >= 11 is 0. The van der Waals surface area contributed by atoms with E-state index in [1.807, 2.05) is 18.2 Å². The van der Waals surface area contributed by atoms with Crippen molar-refractivity contribution in [1.29, 1.82) is 0 Å². The highest BCUT2D eigenvalue weighted by Crippen LogP contribution is 2.28. The van der Waals surface area contributed by atoms with Gasteiger partial charge in [-0.2, -0.15) is 0 Å². The van der Waals surface area contributed by atoms with Crippen molar-refractivity contribution in [2.75, 3.05) is 39.3 Å². The summed E-state index contributed by atoms with van der Waals surface area (Å²) in [5.41, 5.74) is 1.98. The predicted molar refractivity (Wildman–Crippen MR) is 97.6 cm³/mol. The van der Waals surface area contributed by atoms with Crippen LogP contribution in [0.3, 0.4) is 0 Å². The monoisotopic (exact) mass is 343 g/mol. The lowest BCUT2D eigenvalue weighted by atomic mass is 10.1. The van der Waals surface area contributed by atoms with Gasteiger partial charge in [0, 0.05) is 37.8 Å². The number of nitrogens with zero attached hydrogens (tertiary/aromatic N) is 2. The Balaban J connectivity index is 1.28. The van der Waals surface area contributed by atoms with Crippen LogP contribution in [-0.2, 0) is 11.3 Å². The molecule has 2 aliphatic heterocycles. The first kappa shape index (κ1) is 17.0. The van der Waals surface area contributed by atoms with Crippen molar-refractivity contribution in [3.63, 3.8) is 0 Å². The van der Waals surface area contributed by atoms with Gasteiger partial charge >= 0.3 is 0 Å². The van der Waals surface area contributed by atoms with E-state index in [0.29, 0.717) is 6.54 Å². The van der Waals surface area contributed by atoms with Gasteiger partial charge in [-0.25, -0.2) is 0 Å². The molecule has 1 aromatic rings. The molecule has 1 aliphatic carbocycles. The number of rotatable bonds is 6. The molecule has 2 saturated heterocycles. The Kier molecular flexibility index (Phi) is 5.34. The van der Waals surface area contributed by atoms with Gasteiger partial charge in [0.1, 0.15) is 0 Å². The Hall–Kier alpha value is -1.43. The number of benzene rings is 1. The van der Waals surface area contributed by atoms with Crippen molar-refractivity contribution in [3.05, 3.63) is 35.4 Å². The first-order valence-corrected chi connectivity index (χ1v) is 9.73. The quantitative estimate of drug-likeness (QED) is 0.857. The molecule has 1 N–H and O–H groups in total. The molecule has 0 aromatic heterocycles. The molecular formula is C20H29N3O2.